The van der Waals surface area contributed by atoms with Crippen LogP contribution in [0.2, 0.25) is 0 Å². The fourth-order valence-corrected chi connectivity index (χ4v) is 4.55. The molecule has 21 heavy (non-hydrogen) atoms. The van der Waals surface area contributed by atoms with Crippen LogP contribution in [0.1, 0.15) is 18.1 Å². The molecule has 0 saturated carbocycles. The highest BCUT2D eigenvalue weighted by atomic mass is 79.9. The first-order valence-corrected chi connectivity index (χ1v) is 9.65. The summed E-state index contributed by atoms with van der Waals surface area (Å²) in [6.45, 7) is 5.46. The largest absolute Gasteiger partial charge is 0.313 e. The third kappa shape index (κ3) is 4.06. The number of aryl methyl sites for hydroxylation is 1. The summed E-state index contributed by atoms with van der Waals surface area (Å²) >= 11 is 4.64. The molecule has 1 heterocycles. The highest BCUT2D eigenvalue weighted by Gasteiger charge is 2.18. The highest BCUT2D eigenvalue weighted by molar-refractivity contribution is 9.10. The second-order valence-corrected chi connectivity index (χ2v) is 8.21. The van der Waals surface area contributed by atoms with Crippen LogP contribution in [0.25, 0.3) is 0 Å². The standard InChI is InChI=1S/C14H17BrN2O2S2/c1-3-16-8-11-7-13(20-9-11)21(18,19)17-12-6-4-5-10(2)14(12)15/h4-7,9,16-17H,3,8H2,1-2H3. The Hall–Kier alpha value is -0.890. The number of sulfonamides is 1. The molecule has 2 aromatic rings. The molecule has 0 aliphatic heterocycles. The Balaban J connectivity index is 2.22. The van der Waals surface area contributed by atoms with Crippen molar-refractivity contribution in [1.29, 1.82) is 0 Å². The van der Waals surface area contributed by atoms with Gasteiger partial charge in [-0.15, -0.1) is 11.3 Å². The van der Waals surface area contributed by atoms with Crippen molar-refractivity contribution >= 4 is 43.0 Å². The zero-order chi connectivity index (χ0) is 15.5. The van der Waals surface area contributed by atoms with Crippen molar-refractivity contribution in [2.75, 3.05) is 11.3 Å². The van der Waals surface area contributed by atoms with Crippen molar-refractivity contribution < 1.29 is 8.42 Å². The molecule has 114 valence electrons. The number of anilines is 1. The Morgan fingerprint density at radius 3 is 2.81 bits per heavy atom. The van der Waals surface area contributed by atoms with Crippen LogP contribution in [-0.2, 0) is 16.6 Å². The quantitative estimate of drug-likeness (QED) is 0.792. The van der Waals surface area contributed by atoms with Crippen LogP contribution in [0.15, 0.2) is 38.3 Å². The first-order valence-electron chi connectivity index (χ1n) is 6.50. The van der Waals surface area contributed by atoms with E-state index in [2.05, 4.69) is 26.0 Å². The lowest BCUT2D eigenvalue weighted by molar-refractivity contribution is 0.603. The molecular weight excluding hydrogens is 372 g/mol. The number of thiophene rings is 1. The smallest absolute Gasteiger partial charge is 0.271 e. The van der Waals surface area contributed by atoms with Crippen molar-refractivity contribution in [3.8, 4) is 0 Å². The van der Waals surface area contributed by atoms with E-state index in [-0.39, 0.29) is 0 Å². The summed E-state index contributed by atoms with van der Waals surface area (Å²) in [5.74, 6) is 0. The Morgan fingerprint density at radius 2 is 2.10 bits per heavy atom. The molecule has 2 N–H and O–H groups in total. The predicted molar refractivity (Wildman–Crippen MR) is 91.4 cm³/mol. The van der Waals surface area contributed by atoms with Gasteiger partial charge in [0.05, 0.1) is 5.69 Å². The van der Waals surface area contributed by atoms with Gasteiger partial charge in [-0.05, 0) is 58.0 Å². The molecule has 0 bridgehead atoms. The molecule has 0 aliphatic rings. The van der Waals surface area contributed by atoms with Crippen molar-refractivity contribution in [2.24, 2.45) is 0 Å². The van der Waals surface area contributed by atoms with Crippen LogP contribution in [-0.4, -0.2) is 15.0 Å². The van der Waals surface area contributed by atoms with E-state index < -0.39 is 10.0 Å². The average Bonchev–Trinajstić information content (AvgIpc) is 2.91. The Bertz CT molecular complexity index is 726. The number of nitrogens with one attached hydrogen (secondary N) is 2. The lowest BCUT2D eigenvalue weighted by Crippen LogP contribution is -2.13. The lowest BCUT2D eigenvalue weighted by atomic mass is 10.2. The van der Waals surface area contributed by atoms with Crippen molar-refractivity contribution in [2.45, 2.75) is 24.6 Å². The molecule has 0 radical (unpaired) electrons. The van der Waals surface area contributed by atoms with Gasteiger partial charge in [0.1, 0.15) is 4.21 Å². The molecule has 4 nitrogen and oxygen atoms in total. The molecule has 7 heteroatoms. The predicted octanol–water partition coefficient (Wildman–Crippen LogP) is 3.73. The summed E-state index contributed by atoms with van der Waals surface area (Å²) in [5.41, 5.74) is 2.51. The van der Waals surface area contributed by atoms with Gasteiger partial charge < -0.3 is 5.32 Å². The van der Waals surface area contributed by atoms with Crippen LogP contribution >= 0.6 is 27.3 Å². The van der Waals surface area contributed by atoms with Gasteiger partial charge in [-0.25, -0.2) is 8.42 Å². The van der Waals surface area contributed by atoms with Crippen LogP contribution in [0, 0.1) is 6.92 Å². The van der Waals surface area contributed by atoms with Crippen LogP contribution < -0.4 is 10.0 Å². The summed E-state index contributed by atoms with van der Waals surface area (Å²) in [6.07, 6.45) is 0. The molecule has 0 aliphatic carbocycles. The fourth-order valence-electron chi connectivity index (χ4n) is 1.78. The summed E-state index contributed by atoms with van der Waals surface area (Å²) in [7, 11) is -3.55. The maximum Gasteiger partial charge on any atom is 0.271 e. The molecule has 0 atom stereocenters. The van der Waals surface area contributed by atoms with E-state index in [1.165, 1.54) is 11.3 Å². The number of rotatable bonds is 6. The molecular formula is C14H17BrN2O2S2. The maximum absolute atomic E-state index is 12.4. The number of hydrogen-bond donors (Lipinski definition) is 2. The van der Waals surface area contributed by atoms with Gasteiger partial charge in [-0.3, -0.25) is 4.72 Å². The van der Waals surface area contributed by atoms with E-state index in [0.717, 1.165) is 22.1 Å². The molecule has 2 rings (SSSR count). The normalized spacial score (nSPS) is 11.6. The number of halogens is 1. The van der Waals surface area contributed by atoms with E-state index in [1.54, 1.807) is 12.1 Å². The first-order chi connectivity index (χ1) is 9.94. The summed E-state index contributed by atoms with van der Waals surface area (Å²) < 4.78 is 28.5. The Kier molecular flexibility index (Phi) is 5.43. The topological polar surface area (TPSA) is 58.2 Å². The number of benzene rings is 1. The Labute approximate surface area is 137 Å². The zero-order valence-electron chi connectivity index (χ0n) is 11.8. The van der Waals surface area contributed by atoms with Gasteiger partial charge in [0.2, 0.25) is 0 Å². The zero-order valence-corrected chi connectivity index (χ0v) is 15.0. The third-order valence-corrected chi connectivity index (χ3v) is 6.82. The summed E-state index contributed by atoms with van der Waals surface area (Å²) in [6, 6.07) is 7.19. The molecule has 1 aromatic heterocycles. The van der Waals surface area contributed by atoms with E-state index in [9.17, 15) is 8.42 Å². The van der Waals surface area contributed by atoms with Crippen molar-refractivity contribution in [3.63, 3.8) is 0 Å². The summed E-state index contributed by atoms with van der Waals surface area (Å²) in [5, 5.41) is 5.04. The SMILES string of the molecule is CCNCc1csc(S(=O)(=O)Nc2cccc(C)c2Br)c1. The van der Waals surface area contributed by atoms with Gasteiger partial charge >= 0.3 is 0 Å². The molecule has 0 saturated heterocycles. The second-order valence-electron chi connectivity index (χ2n) is 4.60. The van der Waals surface area contributed by atoms with Crippen LogP contribution in [0.3, 0.4) is 0 Å². The fraction of sp³-hybridized carbons (Fsp3) is 0.286. The average molecular weight is 389 g/mol. The summed E-state index contributed by atoms with van der Waals surface area (Å²) in [4.78, 5) is 0. The van der Waals surface area contributed by atoms with Crippen molar-refractivity contribution in [3.05, 3.63) is 45.2 Å². The molecule has 0 unspecified atom stereocenters. The minimum absolute atomic E-state index is 0.323. The van der Waals surface area contributed by atoms with Gasteiger partial charge in [-0.1, -0.05) is 19.1 Å². The van der Waals surface area contributed by atoms with E-state index in [1.807, 2.05) is 31.4 Å². The third-order valence-electron chi connectivity index (χ3n) is 2.91. The monoisotopic (exact) mass is 388 g/mol. The first kappa shape index (κ1) is 16.5. The molecule has 0 fully saturated rings. The second kappa shape index (κ2) is 6.91. The number of hydrogen-bond acceptors (Lipinski definition) is 4. The highest BCUT2D eigenvalue weighted by Crippen LogP contribution is 2.29. The maximum atomic E-state index is 12.4. The lowest BCUT2D eigenvalue weighted by Gasteiger charge is -2.09. The van der Waals surface area contributed by atoms with Gasteiger partial charge in [0, 0.05) is 11.0 Å². The van der Waals surface area contributed by atoms with E-state index in [0.29, 0.717) is 16.4 Å². The van der Waals surface area contributed by atoms with E-state index >= 15 is 0 Å². The molecule has 1 aromatic carbocycles. The molecule has 0 spiro atoms. The van der Waals surface area contributed by atoms with E-state index in [4.69, 9.17) is 0 Å². The minimum Gasteiger partial charge on any atom is -0.313 e. The van der Waals surface area contributed by atoms with Gasteiger partial charge in [0.25, 0.3) is 10.0 Å². The molecule has 0 amide bonds. The van der Waals surface area contributed by atoms with Crippen LogP contribution in [0.5, 0.6) is 0 Å². The van der Waals surface area contributed by atoms with Gasteiger partial charge in [0.15, 0.2) is 0 Å². The van der Waals surface area contributed by atoms with Gasteiger partial charge in [-0.2, -0.15) is 0 Å². The van der Waals surface area contributed by atoms with Crippen LogP contribution in [0.4, 0.5) is 5.69 Å². The van der Waals surface area contributed by atoms with Crippen molar-refractivity contribution in [1.82, 2.24) is 5.32 Å². The minimum atomic E-state index is -3.55. The Morgan fingerprint density at radius 1 is 1.33 bits per heavy atom.